The Morgan fingerprint density at radius 1 is 1.21 bits per heavy atom. The van der Waals surface area contributed by atoms with Gasteiger partial charge in [0, 0.05) is 39.1 Å². The third kappa shape index (κ3) is 4.98. The lowest BCUT2D eigenvalue weighted by Crippen LogP contribution is -2.44. The van der Waals surface area contributed by atoms with Crippen molar-refractivity contribution in [3.63, 3.8) is 0 Å². The quantitative estimate of drug-likeness (QED) is 0.321. The zero-order valence-electron chi connectivity index (χ0n) is 17.2. The van der Waals surface area contributed by atoms with E-state index >= 15 is 0 Å². The second-order valence-corrected chi connectivity index (χ2v) is 7.40. The number of fused-ring (bicyclic) bond motifs is 1. The van der Waals surface area contributed by atoms with E-state index in [0.29, 0.717) is 25.6 Å². The number of rotatable bonds is 7. The normalized spacial score (nSPS) is 12.2. The Morgan fingerprint density at radius 3 is 2.79 bits per heavy atom. The van der Waals surface area contributed by atoms with Crippen LogP contribution in [0.1, 0.15) is 19.4 Å². The summed E-state index contributed by atoms with van der Waals surface area (Å²) in [6.45, 7) is 6.04. The van der Waals surface area contributed by atoms with Gasteiger partial charge in [-0.3, -0.25) is 9.67 Å². The number of aryl methyl sites for hydroxylation is 1. The van der Waals surface area contributed by atoms with Crippen molar-refractivity contribution in [2.24, 2.45) is 12.0 Å². The van der Waals surface area contributed by atoms with Crippen molar-refractivity contribution in [1.29, 1.82) is 0 Å². The number of nitrogens with zero attached hydrogens (tertiary/aromatic N) is 5. The molecule has 0 saturated heterocycles. The molecule has 0 saturated carbocycles. The SMILES string of the molecule is CN=C(NCCNc1ncnc2c1cnn2C)NCC(C)(C)c1cccc(F)c1. The minimum absolute atomic E-state index is 0.225. The number of aromatic nitrogens is 4. The zero-order chi connectivity index (χ0) is 20.9. The van der Waals surface area contributed by atoms with Gasteiger partial charge in [0.1, 0.15) is 18.0 Å². The summed E-state index contributed by atoms with van der Waals surface area (Å²) in [4.78, 5) is 12.8. The molecule has 0 aliphatic carbocycles. The van der Waals surface area contributed by atoms with Gasteiger partial charge in [0.2, 0.25) is 0 Å². The molecule has 3 aromatic rings. The molecule has 2 aromatic heterocycles. The lowest BCUT2D eigenvalue weighted by molar-refractivity contribution is 0.503. The maximum atomic E-state index is 13.5. The first-order valence-corrected chi connectivity index (χ1v) is 9.48. The van der Waals surface area contributed by atoms with Crippen molar-refractivity contribution < 1.29 is 4.39 Å². The summed E-state index contributed by atoms with van der Waals surface area (Å²) in [6, 6.07) is 6.70. The van der Waals surface area contributed by atoms with E-state index in [9.17, 15) is 4.39 Å². The summed E-state index contributed by atoms with van der Waals surface area (Å²) >= 11 is 0. The molecule has 2 heterocycles. The minimum atomic E-state index is -0.245. The molecule has 0 unspecified atom stereocenters. The lowest BCUT2D eigenvalue weighted by atomic mass is 9.84. The third-order valence-electron chi connectivity index (χ3n) is 4.77. The van der Waals surface area contributed by atoms with Crippen molar-refractivity contribution in [2.45, 2.75) is 19.3 Å². The molecule has 154 valence electrons. The number of guanidine groups is 1. The number of hydrogen-bond donors (Lipinski definition) is 3. The van der Waals surface area contributed by atoms with Gasteiger partial charge in [-0.15, -0.1) is 0 Å². The molecule has 8 nitrogen and oxygen atoms in total. The zero-order valence-corrected chi connectivity index (χ0v) is 17.2. The fourth-order valence-corrected chi connectivity index (χ4v) is 3.00. The van der Waals surface area contributed by atoms with Crippen molar-refractivity contribution in [2.75, 3.05) is 32.0 Å². The highest BCUT2D eigenvalue weighted by Crippen LogP contribution is 2.22. The average Bonchev–Trinajstić information content (AvgIpc) is 3.09. The minimum Gasteiger partial charge on any atom is -0.368 e. The molecule has 9 heteroatoms. The molecule has 0 spiro atoms. The summed E-state index contributed by atoms with van der Waals surface area (Å²) in [7, 11) is 3.57. The van der Waals surface area contributed by atoms with Crippen LogP contribution in [0.25, 0.3) is 11.0 Å². The Morgan fingerprint density at radius 2 is 2.03 bits per heavy atom. The molecule has 0 fully saturated rings. The number of nitrogens with one attached hydrogen (secondary N) is 3. The predicted octanol–water partition coefficient (Wildman–Crippen LogP) is 2.06. The molecule has 0 amide bonds. The predicted molar refractivity (Wildman–Crippen MR) is 114 cm³/mol. The first kappa shape index (κ1) is 20.5. The van der Waals surface area contributed by atoms with Crippen LogP contribution in [0, 0.1) is 5.82 Å². The van der Waals surface area contributed by atoms with Crippen LogP contribution in [0.4, 0.5) is 10.2 Å². The van der Waals surface area contributed by atoms with E-state index in [1.165, 1.54) is 12.4 Å². The second kappa shape index (κ2) is 8.85. The molecule has 0 aliphatic rings. The van der Waals surface area contributed by atoms with Gasteiger partial charge in [-0.2, -0.15) is 5.10 Å². The van der Waals surface area contributed by atoms with Crippen LogP contribution in [-0.2, 0) is 12.5 Å². The summed E-state index contributed by atoms with van der Waals surface area (Å²) in [6.07, 6.45) is 3.27. The number of halogens is 1. The highest BCUT2D eigenvalue weighted by molar-refractivity contribution is 5.86. The molecular formula is C20H27FN8. The summed E-state index contributed by atoms with van der Waals surface area (Å²) < 4.78 is 15.2. The van der Waals surface area contributed by atoms with E-state index in [2.05, 4.69) is 49.9 Å². The number of anilines is 1. The average molecular weight is 398 g/mol. The number of aliphatic imine (C=N–C) groups is 1. The van der Waals surface area contributed by atoms with E-state index in [1.807, 2.05) is 13.1 Å². The fraction of sp³-hybridized carbons (Fsp3) is 0.400. The highest BCUT2D eigenvalue weighted by atomic mass is 19.1. The van der Waals surface area contributed by atoms with Crippen LogP contribution in [0.3, 0.4) is 0 Å². The summed E-state index contributed by atoms with van der Waals surface area (Å²) in [5.41, 5.74) is 1.48. The molecule has 29 heavy (non-hydrogen) atoms. The maximum absolute atomic E-state index is 13.5. The Hall–Kier alpha value is -3.23. The van der Waals surface area contributed by atoms with Gasteiger partial charge in [0.05, 0.1) is 11.6 Å². The van der Waals surface area contributed by atoms with Crippen molar-refractivity contribution in [3.8, 4) is 0 Å². The Labute approximate surface area is 169 Å². The van der Waals surface area contributed by atoms with Gasteiger partial charge in [-0.1, -0.05) is 26.0 Å². The van der Waals surface area contributed by atoms with Crippen molar-refractivity contribution >= 4 is 22.8 Å². The molecule has 0 atom stereocenters. The van der Waals surface area contributed by atoms with E-state index < -0.39 is 0 Å². The van der Waals surface area contributed by atoms with Crippen LogP contribution in [-0.4, -0.2) is 52.4 Å². The second-order valence-electron chi connectivity index (χ2n) is 7.40. The summed E-state index contributed by atoms with van der Waals surface area (Å²) in [5, 5.41) is 15.0. The van der Waals surface area contributed by atoms with Crippen LogP contribution in [0.5, 0.6) is 0 Å². The lowest BCUT2D eigenvalue weighted by Gasteiger charge is -2.27. The van der Waals surface area contributed by atoms with Gasteiger partial charge in [0.25, 0.3) is 0 Å². The van der Waals surface area contributed by atoms with Gasteiger partial charge >= 0.3 is 0 Å². The van der Waals surface area contributed by atoms with E-state index in [0.717, 1.165) is 22.4 Å². The fourth-order valence-electron chi connectivity index (χ4n) is 3.00. The standard InChI is InChI=1S/C20H27FN8/c1-20(2,14-6-5-7-15(21)10-14)12-25-19(22-3)24-9-8-23-17-16-11-28-29(4)18(16)27-13-26-17/h5-7,10-11,13H,8-9,12H2,1-4H3,(H2,22,24,25)(H,23,26,27). The third-order valence-corrected chi connectivity index (χ3v) is 4.77. The van der Waals surface area contributed by atoms with Gasteiger partial charge in [-0.25, -0.2) is 14.4 Å². The number of benzene rings is 1. The molecule has 1 aromatic carbocycles. The number of hydrogen-bond acceptors (Lipinski definition) is 5. The first-order chi connectivity index (χ1) is 13.9. The molecule has 0 aliphatic heterocycles. The van der Waals surface area contributed by atoms with Gasteiger partial charge < -0.3 is 16.0 Å². The molecule has 0 bridgehead atoms. The van der Waals surface area contributed by atoms with Crippen LogP contribution >= 0.6 is 0 Å². The van der Waals surface area contributed by atoms with Gasteiger partial charge in [-0.05, 0) is 17.7 Å². The molecule has 3 rings (SSSR count). The van der Waals surface area contributed by atoms with Crippen molar-refractivity contribution in [3.05, 3.63) is 48.2 Å². The summed E-state index contributed by atoms with van der Waals surface area (Å²) in [5.74, 6) is 1.21. The Kier molecular flexibility index (Phi) is 6.26. The van der Waals surface area contributed by atoms with E-state index in [4.69, 9.17) is 0 Å². The van der Waals surface area contributed by atoms with E-state index in [1.54, 1.807) is 30.1 Å². The van der Waals surface area contributed by atoms with Crippen LogP contribution < -0.4 is 16.0 Å². The van der Waals surface area contributed by atoms with Gasteiger partial charge in [0.15, 0.2) is 11.6 Å². The molecule has 3 N–H and O–H groups in total. The largest absolute Gasteiger partial charge is 0.368 e. The smallest absolute Gasteiger partial charge is 0.191 e. The monoisotopic (exact) mass is 398 g/mol. The van der Waals surface area contributed by atoms with Crippen molar-refractivity contribution in [1.82, 2.24) is 30.4 Å². The highest BCUT2D eigenvalue weighted by Gasteiger charge is 2.21. The molecular weight excluding hydrogens is 371 g/mol. The Bertz CT molecular complexity index is 995. The maximum Gasteiger partial charge on any atom is 0.191 e. The molecule has 0 radical (unpaired) electrons. The van der Waals surface area contributed by atoms with E-state index in [-0.39, 0.29) is 11.2 Å². The Balaban J connectivity index is 1.49. The van der Waals surface area contributed by atoms with Crippen LogP contribution in [0.2, 0.25) is 0 Å². The topological polar surface area (TPSA) is 92.1 Å². The van der Waals surface area contributed by atoms with Crippen LogP contribution in [0.15, 0.2) is 41.8 Å². The first-order valence-electron chi connectivity index (χ1n) is 9.48.